The number of carbonyl (C=O) groups is 5. The van der Waals surface area contributed by atoms with Crippen LogP contribution in [0.25, 0.3) is 0 Å². The Morgan fingerprint density at radius 2 is 1.11 bits per heavy atom. The van der Waals surface area contributed by atoms with Crippen LogP contribution < -0.4 is 5.32 Å². The molecule has 2 saturated heterocycles. The van der Waals surface area contributed by atoms with Gasteiger partial charge in [0.05, 0.1) is 5.56 Å². The van der Waals surface area contributed by atoms with Gasteiger partial charge in [-0.3, -0.25) is 24.1 Å². The number of aromatic carboxylic acids is 1. The lowest BCUT2D eigenvalue weighted by molar-refractivity contribution is 0.0627. The lowest BCUT2D eigenvalue weighted by Gasteiger charge is -2.35. The van der Waals surface area contributed by atoms with E-state index in [1.54, 1.807) is 15.9 Å². The van der Waals surface area contributed by atoms with Crippen LogP contribution in [0.5, 0.6) is 0 Å². The van der Waals surface area contributed by atoms with E-state index in [0.29, 0.717) is 56.9 Å². The summed E-state index contributed by atoms with van der Waals surface area (Å²) in [5.74, 6) is -2.02. The summed E-state index contributed by atoms with van der Waals surface area (Å²) in [6.45, 7) is 8.04. The molecule has 38 heavy (non-hydrogen) atoms. The molecule has 0 unspecified atom stereocenters. The molecule has 2 aliphatic rings. The summed E-state index contributed by atoms with van der Waals surface area (Å²) in [5, 5.41) is 12.6. The van der Waals surface area contributed by atoms with Gasteiger partial charge < -0.3 is 20.2 Å². The molecule has 0 bridgehead atoms. The Morgan fingerprint density at radius 1 is 0.658 bits per heavy atom. The van der Waals surface area contributed by atoms with Gasteiger partial charge in [0.15, 0.2) is 11.6 Å². The molecule has 2 aliphatic heterocycles. The monoisotopic (exact) mass is 520 g/mol. The number of hydrogen-bond donors (Lipinski definition) is 2. The van der Waals surface area contributed by atoms with Gasteiger partial charge in [-0.1, -0.05) is 0 Å². The molecule has 0 radical (unpaired) electrons. The number of rotatable bonds is 7. The number of carboxylic acids is 1. The molecule has 2 amide bonds. The van der Waals surface area contributed by atoms with Crippen LogP contribution in [0, 0.1) is 0 Å². The van der Waals surface area contributed by atoms with Crippen LogP contribution in [-0.4, -0.2) is 102 Å². The van der Waals surface area contributed by atoms with Crippen molar-refractivity contribution in [3.8, 4) is 0 Å². The number of hydrogen-bond acceptors (Lipinski definition) is 7. The summed E-state index contributed by atoms with van der Waals surface area (Å²) in [6, 6.07) is 9.33. The first-order chi connectivity index (χ1) is 18.1. The average molecular weight is 521 g/mol. The molecule has 10 heteroatoms. The van der Waals surface area contributed by atoms with Crippen molar-refractivity contribution in [2.75, 3.05) is 52.4 Å². The summed E-state index contributed by atoms with van der Waals surface area (Å²) in [6.07, 6.45) is 0. The van der Waals surface area contributed by atoms with Crippen LogP contribution in [0.4, 0.5) is 0 Å². The standard InChI is InChI=1S/C28H32N4O6/c1-18(33)21-11-20(12-23(13-21)26(35)31-5-3-29-4-6-31)17-30-7-9-32(10-8-30)27(36)24-14-22(19(2)34)15-25(16-24)28(37)38/h11-16,29H,3-10,17H2,1-2H3,(H,37,38). The van der Waals surface area contributed by atoms with E-state index >= 15 is 0 Å². The van der Waals surface area contributed by atoms with Gasteiger partial charge in [-0.2, -0.15) is 0 Å². The van der Waals surface area contributed by atoms with Crippen molar-refractivity contribution in [1.82, 2.24) is 20.0 Å². The number of piperazine rings is 2. The van der Waals surface area contributed by atoms with Crippen LogP contribution in [0.1, 0.15) is 71.2 Å². The van der Waals surface area contributed by atoms with E-state index < -0.39 is 5.97 Å². The van der Waals surface area contributed by atoms with Gasteiger partial charge in [-0.05, 0) is 55.8 Å². The molecular weight excluding hydrogens is 488 g/mol. The molecule has 2 heterocycles. The van der Waals surface area contributed by atoms with Crippen LogP contribution in [0.2, 0.25) is 0 Å². The average Bonchev–Trinajstić information content (AvgIpc) is 2.92. The van der Waals surface area contributed by atoms with E-state index in [-0.39, 0.29) is 40.1 Å². The smallest absolute Gasteiger partial charge is 0.335 e. The fourth-order valence-corrected chi connectivity index (χ4v) is 4.79. The number of carboxylic acid groups (broad SMARTS) is 1. The highest BCUT2D eigenvalue weighted by Crippen LogP contribution is 2.19. The van der Waals surface area contributed by atoms with Crippen molar-refractivity contribution in [2.24, 2.45) is 0 Å². The van der Waals surface area contributed by atoms with E-state index in [0.717, 1.165) is 18.7 Å². The zero-order chi connectivity index (χ0) is 27.4. The molecule has 2 aromatic rings. The SMILES string of the molecule is CC(=O)c1cc(CN2CCN(C(=O)c3cc(C(C)=O)cc(C(=O)O)c3)CC2)cc(C(=O)N2CCNCC2)c1. The molecule has 200 valence electrons. The maximum atomic E-state index is 13.1. The van der Waals surface area contributed by atoms with Crippen LogP contribution >= 0.6 is 0 Å². The quantitative estimate of drug-likeness (QED) is 0.529. The normalized spacial score (nSPS) is 16.3. The number of benzene rings is 2. The van der Waals surface area contributed by atoms with Gasteiger partial charge >= 0.3 is 5.97 Å². The third-order valence-corrected chi connectivity index (χ3v) is 6.95. The molecule has 0 aromatic heterocycles. The van der Waals surface area contributed by atoms with E-state index in [2.05, 4.69) is 10.2 Å². The maximum absolute atomic E-state index is 13.1. The Morgan fingerprint density at radius 3 is 1.66 bits per heavy atom. The third-order valence-electron chi connectivity index (χ3n) is 6.95. The zero-order valence-corrected chi connectivity index (χ0v) is 21.7. The minimum absolute atomic E-state index is 0.0835. The second kappa shape index (κ2) is 11.7. The largest absolute Gasteiger partial charge is 0.478 e. The second-order valence-electron chi connectivity index (χ2n) is 9.75. The Hall–Kier alpha value is -3.89. The van der Waals surface area contributed by atoms with E-state index in [4.69, 9.17) is 0 Å². The van der Waals surface area contributed by atoms with Gasteiger partial charge in [-0.15, -0.1) is 0 Å². The third kappa shape index (κ3) is 6.32. The van der Waals surface area contributed by atoms with Crippen LogP contribution in [-0.2, 0) is 6.54 Å². The fourth-order valence-electron chi connectivity index (χ4n) is 4.79. The summed E-state index contributed by atoms with van der Waals surface area (Å²) in [5.41, 5.74) is 2.11. The van der Waals surface area contributed by atoms with Crippen molar-refractivity contribution < 1.29 is 29.1 Å². The number of nitrogens with zero attached hydrogens (tertiary/aromatic N) is 3. The van der Waals surface area contributed by atoms with Crippen LogP contribution in [0.3, 0.4) is 0 Å². The zero-order valence-electron chi connectivity index (χ0n) is 21.7. The van der Waals surface area contributed by atoms with E-state index in [9.17, 15) is 29.1 Å². The fraction of sp³-hybridized carbons (Fsp3) is 0.393. The summed E-state index contributed by atoms with van der Waals surface area (Å²) >= 11 is 0. The number of nitrogens with one attached hydrogen (secondary N) is 1. The highest BCUT2D eigenvalue weighted by molar-refractivity contribution is 6.03. The van der Waals surface area contributed by atoms with Gasteiger partial charge in [0, 0.05) is 81.2 Å². The van der Waals surface area contributed by atoms with Crippen molar-refractivity contribution in [3.05, 3.63) is 69.8 Å². The van der Waals surface area contributed by atoms with Gasteiger partial charge in [0.1, 0.15) is 0 Å². The minimum Gasteiger partial charge on any atom is -0.478 e. The number of ketones is 2. The number of amides is 2. The van der Waals surface area contributed by atoms with Crippen molar-refractivity contribution >= 4 is 29.4 Å². The summed E-state index contributed by atoms with van der Waals surface area (Å²) in [7, 11) is 0. The molecule has 2 aromatic carbocycles. The Bertz CT molecular complexity index is 1240. The lowest BCUT2D eigenvalue weighted by atomic mass is 10.0. The van der Waals surface area contributed by atoms with Gasteiger partial charge in [0.2, 0.25) is 0 Å². The second-order valence-corrected chi connectivity index (χ2v) is 9.75. The number of carbonyl (C=O) groups excluding carboxylic acids is 4. The highest BCUT2D eigenvalue weighted by Gasteiger charge is 2.25. The lowest BCUT2D eigenvalue weighted by Crippen LogP contribution is -2.48. The molecule has 0 spiro atoms. The van der Waals surface area contributed by atoms with Gasteiger partial charge in [0.25, 0.3) is 11.8 Å². The highest BCUT2D eigenvalue weighted by atomic mass is 16.4. The topological polar surface area (TPSA) is 127 Å². The Kier molecular flexibility index (Phi) is 8.33. The molecular formula is C28H32N4O6. The van der Waals surface area contributed by atoms with E-state index in [1.165, 1.54) is 32.0 Å². The minimum atomic E-state index is -1.20. The van der Waals surface area contributed by atoms with Crippen LogP contribution in [0.15, 0.2) is 36.4 Å². The Balaban J connectivity index is 1.44. The number of Topliss-reactive ketones (excluding diaryl/α,β-unsaturated/α-hetero) is 2. The van der Waals surface area contributed by atoms with E-state index in [1.807, 2.05) is 12.1 Å². The molecule has 2 fully saturated rings. The molecule has 10 nitrogen and oxygen atoms in total. The maximum Gasteiger partial charge on any atom is 0.335 e. The molecule has 0 aliphatic carbocycles. The molecule has 2 N–H and O–H groups in total. The van der Waals surface area contributed by atoms with Crippen molar-refractivity contribution in [3.63, 3.8) is 0 Å². The molecule has 0 atom stereocenters. The Labute approximate surface area is 221 Å². The predicted octanol–water partition coefficient (Wildman–Crippen LogP) is 1.79. The summed E-state index contributed by atoms with van der Waals surface area (Å²) < 4.78 is 0. The first kappa shape index (κ1) is 27.2. The predicted molar refractivity (Wildman–Crippen MR) is 140 cm³/mol. The summed E-state index contributed by atoms with van der Waals surface area (Å²) in [4.78, 5) is 67.3. The van der Waals surface area contributed by atoms with Crippen molar-refractivity contribution in [2.45, 2.75) is 20.4 Å². The van der Waals surface area contributed by atoms with Gasteiger partial charge in [-0.25, -0.2) is 4.79 Å². The first-order valence-electron chi connectivity index (χ1n) is 12.7. The van der Waals surface area contributed by atoms with Crippen molar-refractivity contribution in [1.29, 1.82) is 0 Å². The first-order valence-corrected chi connectivity index (χ1v) is 12.7. The molecule has 4 rings (SSSR count). The molecule has 0 saturated carbocycles.